The summed E-state index contributed by atoms with van der Waals surface area (Å²) in [6, 6.07) is 2.83. The van der Waals surface area contributed by atoms with Crippen LogP contribution in [0.4, 0.5) is 13.6 Å². The van der Waals surface area contributed by atoms with Crippen LogP contribution in [0.2, 0.25) is 0 Å². The van der Waals surface area contributed by atoms with E-state index in [1.54, 1.807) is 20.8 Å². The molecule has 1 atom stereocenters. The molecule has 0 spiro atoms. The largest absolute Gasteiger partial charge is 0.444 e. The summed E-state index contributed by atoms with van der Waals surface area (Å²) in [5.41, 5.74) is -0.316. The normalized spacial score (nSPS) is 12.7. The molecule has 3 nitrogen and oxygen atoms in total. The Morgan fingerprint density at radius 3 is 2.60 bits per heavy atom. The minimum absolute atomic E-state index is 0.175. The van der Waals surface area contributed by atoms with Gasteiger partial charge in [0, 0.05) is 6.07 Å². The van der Waals surface area contributed by atoms with Crippen molar-refractivity contribution < 1.29 is 18.3 Å². The van der Waals surface area contributed by atoms with E-state index in [9.17, 15) is 13.6 Å². The van der Waals surface area contributed by atoms with Gasteiger partial charge in [-0.15, -0.1) is 6.58 Å². The minimum atomic E-state index is -0.650. The van der Waals surface area contributed by atoms with E-state index < -0.39 is 29.4 Å². The smallest absolute Gasteiger partial charge is 0.408 e. The third-order valence-corrected chi connectivity index (χ3v) is 2.44. The summed E-state index contributed by atoms with van der Waals surface area (Å²) in [5.74, 6) is -1.29. The number of halogens is 2. The first-order valence-corrected chi connectivity index (χ1v) is 6.27. The lowest BCUT2D eigenvalue weighted by Gasteiger charge is -2.22. The minimum Gasteiger partial charge on any atom is -0.444 e. The number of rotatable bonds is 4. The third kappa shape index (κ3) is 5.38. The molecule has 0 bridgehead atoms. The first-order valence-electron chi connectivity index (χ1n) is 6.27. The molecule has 0 fully saturated rings. The molecule has 0 aliphatic heterocycles. The van der Waals surface area contributed by atoms with E-state index in [4.69, 9.17) is 4.74 Å². The Morgan fingerprint density at radius 2 is 2.10 bits per heavy atom. The predicted molar refractivity (Wildman–Crippen MR) is 73.4 cm³/mol. The molecule has 0 aromatic heterocycles. The number of hydrogen-bond acceptors (Lipinski definition) is 2. The van der Waals surface area contributed by atoms with E-state index in [0.717, 1.165) is 6.07 Å². The molecule has 1 amide bonds. The molecule has 20 heavy (non-hydrogen) atoms. The van der Waals surface area contributed by atoms with Crippen LogP contribution in [0.3, 0.4) is 0 Å². The topological polar surface area (TPSA) is 38.3 Å². The fraction of sp³-hybridized carbons (Fsp3) is 0.400. The fourth-order valence-electron chi connectivity index (χ4n) is 1.58. The molecule has 0 saturated carbocycles. The Labute approximate surface area is 117 Å². The molecule has 0 aliphatic rings. The van der Waals surface area contributed by atoms with Crippen LogP contribution in [0.25, 0.3) is 0 Å². The van der Waals surface area contributed by atoms with Crippen LogP contribution in [0.1, 0.15) is 26.3 Å². The molecule has 0 aliphatic carbocycles. The summed E-state index contributed by atoms with van der Waals surface area (Å²) in [6.07, 6.45) is 1.05. The number of benzene rings is 1. The molecule has 1 aromatic rings. The highest BCUT2D eigenvalue weighted by atomic mass is 19.1. The van der Waals surface area contributed by atoms with Crippen LogP contribution in [0.5, 0.6) is 0 Å². The van der Waals surface area contributed by atoms with Crippen LogP contribution < -0.4 is 5.32 Å². The second kappa shape index (κ2) is 6.50. The van der Waals surface area contributed by atoms with Gasteiger partial charge in [0.1, 0.15) is 17.2 Å². The summed E-state index contributed by atoms with van der Waals surface area (Å²) < 4.78 is 31.5. The Balaban J connectivity index is 2.68. The van der Waals surface area contributed by atoms with E-state index in [-0.39, 0.29) is 6.42 Å². The van der Waals surface area contributed by atoms with Crippen molar-refractivity contribution in [1.82, 2.24) is 5.32 Å². The van der Waals surface area contributed by atoms with E-state index in [1.165, 1.54) is 18.2 Å². The van der Waals surface area contributed by atoms with Gasteiger partial charge in [0.2, 0.25) is 0 Å². The zero-order valence-corrected chi connectivity index (χ0v) is 11.9. The maximum Gasteiger partial charge on any atom is 0.408 e. The molecule has 0 radical (unpaired) electrons. The average Bonchev–Trinajstić information content (AvgIpc) is 2.29. The Bertz CT molecular complexity index is 495. The molecular formula is C15H19F2NO2. The van der Waals surface area contributed by atoms with Crippen molar-refractivity contribution in [1.29, 1.82) is 0 Å². The molecule has 1 rings (SSSR count). The second-order valence-electron chi connectivity index (χ2n) is 5.43. The van der Waals surface area contributed by atoms with Gasteiger partial charge in [-0.05, 0) is 38.8 Å². The van der Waals surface area contributed by atoms with Crippen molar-refractivity contribution in [2.24, 2.45) is 0 Å². The highest BCUT2D eigenvalue weighted by molar-refractivity contribution is 5.68. The standard InChI is InChI=1S/C15H19F2NO2/c1-5-12(18-14(19)20-15(2,3)4)8-10-6-7-11(16)9-13(10)17/h5-7,9,12H,1,8H2,2-4H3,(H,18,19). The maximum absolute atomic E-state index is 13.5. The molecule has 1 N–H and O–H groups in total. The Hall–Kier alpha value is -1.91. The lowest BCUT2D eigenvalue weighted by molar-refractivity contribution is 0.0514. The van der Waals surface area contributed by atoms with Crippen molar-refractivity contribution in [3.05, 3.63) is 48.1 Å². The van der Waals surface area contributed by atoms with Crippen molar-refractivity contribution >= 4 is 6.09 Å². The van der Waals surface area contributed by atoms with E-state index >= 15 is 0 Å². The Kier molecular flexibility index (Phi) is 5.25. The summed E-state index contributed by atoms with van der Waals surface area (Å²) in [7, 11) is 0. The molecule has 0 heterocycles. The summed E-state index contributed by atoms with van der Waals surface area (Å²) >= 11 is 0. The Morgan fingerprint density at radius 1 is 1.45 bits per heavy atom. The van der Waals surface area contributed by atoms with E-state index in [1.807, 2.05) is 0 Å². The van der Waals surface area contributed by atoms with Crippen molar-refractivity contribution in [3.63, 3.8) is 0 Å². The van der Waals surface area contributed by atoms with Gasteiger partial charge in [-0.1, -0.05) is 12.1 Å². The zero-order valence-electron chi connectivity index (χ0n) is 11.9. The van der Waals surface area contributed by atoms with Gasteiger partial charge in [-0.2, -0.15) is 0 Å². The second-order valence-corrected chi connectivity index (χ2v) is 5.43. The van der Waals surface area contributed by atoms with E-state index in [2.05, 4.69) is 11.9 Å². The lowest BCUT2D eigenvalue weighted by Crippen LogP contribution is -2.39. The van der Waals surface area contributed by atoms with Crippen molar-refractivity contribution in [3.8, 4) is 0 Å². The van der Waals surface area contributed by atoms with Gasteiger partial charge in [0.05, 0.1) is 6.04 Å². The quantitative estimate of drug-likeness (QED) is 0.858. The van der Waals surface area contributed by atoms with E-state index in [0.29, 0.717) is 5.56 Å². The van der Waals surface area contributed by atoms with Crippen LogP contribution >= 0.6 is 0 Å². The molecule has 0 saturated heterocycles. The average molecular weight is 283 g/mol. The van der Waals surface area contributed by atoms with Gasteiger partial charge in [-0.3, -0.25) is 0 Å². The van der Waals surface area contributed by atoms with Crippen LogP contribution in [0.15, 0.2) is 30.9 Å². The van der Waals surface area contributed by atoms with Gasteiger partial charge in [0.15, 0.2) is 0 Å². The number of carbonyl (C=O) groups is 1. The van der Waals surface area contributed by atoms with Gasteiger partial charge < -0.3 is 10.1 Å². The molecule has 1 aromatic carbocycles. The third-order valence-electron chi connectivity index (χ3n) is 2.44. The lowest BCUT2D eigenvalue weighted by atomic mass is 10.1. The van der Waals surface area contributed by atoms with Gasteiger partial charge >= 0.3 is 6.09 Å². The summed E-state index contributed by atoms with van der Waals surface area (Å²) in [5, 5.41) is 2.57. The van der Waals surface area contributed by atoms with Crippen LogP contribution in [0, 0.1) is 11.6 Å². The number of hydrogen-bond donors (Lipinski definition) is 1. The van der Waals surface area contributed by atoms with Gasteiger partial charge in [0.25, 0.3) is 0 Å². The number of alkyl carbamates (subject to hydrolysis) is 1. The zero-order chi connectivity index (χ0) is 15.3. The molecule has 1 unspecified atom stereocenters. The summed E-state index contributed by atoms with van der Waals surface area (Å²) in [6.45, 7) is 8.82. The monoisotopic (exact) mass is 283 g/mol. The predicted octanol–water partition coefficient (Wildman–Crippen LogP) is 3.59. The number of amides is 1. The first kappa shape index (κ1) is 16.1. The number of nitrogens with one attached hydrogen (secondary N) is 1. The van der Waals surface area contributed by atoms with Crippen LogP contribution in [-0.2, 0) is 11.2 Å². The van der Waals surface area contributed by atoms with Gasteiger partial charge in [-0.25, -0.2) is 13.6 Å². The van der Waals surface area contributed by atoms with Crippen molar-refractivity contribution in [2.45, 2.75) is 38.8 Å². The molecule has 5 heteroatoms. The number of ether oxygens (including phenoxy) is 1. The molecular weight excluding hydrogens is 264 g/mol. The highest BCUT2D eigenvalue weighted by Gasteiger charge is 2.19. The summed E-state index contributed by atoms with van der Waals surface area (Å²) in [4.78, 5) is 11.6. The van der Waals surface area contributed by atoms with Crippen molar-refractivity contribution in [2.75, 3.05) is 0 Å². The molecule has 110 valence electrons. The first-order chi connectivity index (χ1) is 9.21. The number of carbonyl (C=O) groups excluding carboxylic acids is 1. The van der Waals surface area contributed by atoms with Crippen LogP contribution in [-0.4, -0.2) is 17.7 Å². The maximum atomic E-state index is 13.5. The fourth-order valence-corrected chi connectivity index (χ4v) is 1.58. The SMILES string of the molecule is C=CC(Cc1ccc(F)cc1F)NC(=O)OC(C)(C)C. The highest BCUT2D eigenvalue weighted by Crippen LogP contribution is 2.13.